The first-order chi connectivity index (χ1) is 13.5. The molecule has 3 atom stereocenters. The highest BCUT2D eigenvalue weighted by molar-refractivity contribution is 5.72. The van der Waals surface area contributed by atoms with Crippen molar-refractivity contribution >= 4 is 29.5 Å². The van der Waals surface area contributed by atoms with Crippen LogP contribution in [0.25, 0.3) is 0 Å². The van der Waals surface area contributed by atoms with Crippen molar-refractivity contribution in [2.75, 3.05) is 22.6 Å². The average molecular weight is 408 g/mol. The second-order valence-corrected chi connectivity index (χ2v) is 8.55. The highest BCUT2D eigenvalue weighted by Gasteiger charge is 2.40. The van der Waals surface area contributed by atoms with Gasteiger partial charge in [0.25, 0.3) is 5.56 Å². The molecule has 29 heavy (non-hydrogen) atoms. The van der Waals surface area contributed by atoms with Crippen molar-refractivity contribution in [2.45, 2.75) is 64.1 Å². The Morgan fingerprint density at radius 3 is 2.76 bits per heavy atom. The zero-order valence-electron chi connectivity index (χ0n) is 16.8. The molecular formula is C18H28N6O5. The van der Waals surface area contributed by atoms with Gasteiger partial charge in [0.2, 0.25) is 5.95 Å². The monoisotopic (exact) mass is 408 g/mol. The minimum Gasteiger partial charge on any atom is -0.481 e. The zero-order chi connectivity index (χ0) is 21.3. The fourth-order valence-corrected chi connectivity index (χ4v) is 4.02. The lowest BCUT2D eigenvalue weighted by atomic mass is 9.80. The van der Waals surface area contributed by atoms with Crippen LogP contribution in [0.1, 0.15) is 46.5 Å². The van der Waals surface area contributed by atoms with Crippen molar-refractivity contribution < 1.29 is 19.4 Å². The molecule has 0 spiro atoms. The molecule has 0 radical (unpaired) electrons. The van der Waals surface area contributed by atoms with Crippen LogP contribution in [0.4, 0.5) is 22.2 Å². The zero-order valence-corrected chi connectivity index (χ0v) is 16.8. The van der Waals surface area contributed by atoms with E-state index < -0.39 is 17.7 Å². The molecule has 1 aliphatic carbocycles. The summed E-state index contributed by atoms with van der Waals surface area (Å²) in [7, 11) is 0. The Hall–Kier alpha value is -2.98. The van der Waals surface area contributed by atoms with E-state index in [1.54, 1.807) is 20.8 Å². The van der Waals surface area contributed by atoms with E-state index in [2.05, 4.69) is 20.6 Å². The number of hydrogen-bond acceptors (Lipinski definition) is 8. The maximum Gasteiger partial charge on any atom is 0.407 e. The molecule has 0 bridgehead atoms. The van der Waals surface area contributed by atoms with E-state index in [-0.39, 0.29) is 35.9 Å². The number of carbonyl (C=O) groups is 2. The Balaban J connectivity index is 1.83. The lowest BCUT2D eigenvalue weighted by Crippen LogP contribution is -2.55. The smallest absolute Gasteiger partial charge is 0.407 e. The van der Waals surface area contributed by atoms with E-state index >= 15 is 0 Å². The third-order valence-electron chi connectivity index (χ3n) is 5.11. The van der Waals surface area contributed by atoms with Crippen molar-refractivity contribution in [1.29, 1.82) is 0 Å². The molecule has 11 nitrogen and oxygen atoms in total. The number of rotatable bonds is 4. The number of alkyl carbamates (subject to hydrolysis) is 1. The van der Waals surface area contributed by atoms with Gasteiger partial charge < -0.3 is 31.1 Å². The number of amides is 1. The number of nitrogens with two attached hydrogens (primary N) is 1. The Bertz CT molecular complexity index is 848. The molecule has 0 unspecified atom stereocenters. The lowest BCUT2D eigenvalue weighted by molar-refractivity contribution is -0.138. The number of nitrogens with one attached hydrogen (secondary N) is 3. The van der Waals surface area contributed by atoms with Gasteiger partial charge in [0.05, 0.1) is 18.8 Å². The summed E-state index contributed by atoms with van der Waals surface area (Å²) < 4.78 is 5.38. The van der Waals surface area contributed by atoms with Crippen LogP contribution >= 0.6 is 0 Å². The van der Waals surface area contributed by atoms with Crippen LogP contribution in [-0.4, -0.2) is 51.5 Å². The highest BCUT2D eigenvalue weighted by atomic mass is 16.6. The number of carboxylic acids is 1. The third-order valence-corrected chi connectivity index (χ3v) is 5.11. The van der Waals surface area contributed by atoms with Gasteiger partial charge in [-0.05, 0) is 46.0 Å². The largest absolute Gasteiger partial charge is 0.481 e. The summed E-state index contributed by atoms with van der Waals surface area (Å²) in [6.07, 6.45) is 1.29. The first kappa shape index (κ1) is 20.7. The number of ether oxygens (including phenoxy) is 1. The molecule has 3 rings (SSSR count). The molecule has 1 aromatic rings. The number of hydrogen-bond donors (Lipinski definition) is 5. The molecule has 0 saturated heterocycles. The molecule has 11 heteroatoms. The van der Waals surface area contributed by atoms with Gasteiger partial charge in [-0.3, -0.25) is 14.6 Å². The van der Waals surface area contributed by atoms with Crippen molar-refractivity contribution in [1.82, 2.24) is 15.3 Å². The number of nitrogen functional groups attached to an aromatic ring is 1. The van der Waals surface area contributed by atoms with Crippen molar-refractivity contribution in [3.8, 4) is 0 Å². The van der Waals surface area contributed by atoms with Gasteiger partial charge in [0, 0.05) is 6.42 Å². The summed E-state index contributed by atoms with van der Waals surface area (Å²) in [5.74, 6) is -0.475. The van der Waals surface area contributed by atoms with Crippen LogP contribution < -0.4 is 26.8 Å². The number of carboxylic acid groups (broad SMARTS) is 1. The third kappa shape index (κ3) is 4.90. The number of anilines is 3. The normalized spacial score (nSPS) is 23.8. The minimum atomic E-state index is -0.862. The SMILES string of the molecule is CC(C)(C)OC(=O)N[C@@H]1C[C@H](CC(=O)O)CC[C@H]1N1CNc2c1nc(N)[nH]c2=O. The summed E-state index contributed by atoms with van der Waals surface area (Å²) in [4.78, 5) is 44.3. The van der Waals surface area contributed by atoms with Crippen LogP contribution in [0.2, 0.25) is 0 Å². The van der Waals surface area contributed by atoms with Crippen LogP contribution in [-0.2, 0) is 9.53 Å². The number of aliphatic carboxylic acids is 1. The van der Waals surface area contributed by atoms with E-state index in [1.165, 1.54) is 0 Å². The first-order valence-electron chi connectivity index (χ1n) is 9.65. The molecule has 2 heterocycles. The molecule has 1 aliphatic heterocycles. The molecule has 0 aromatic carbocycles. The summed E-state index contributed by atoms with van der Waals surface area (Å²) in [6.45, 7) is 5.67. The van der Waals surface area contributed by atoms with Crippen molar-refractivity contribution in [3.63, 3.8) is 0 Å². The van der Waals surface area contributed by atoms with Crippen molar-refractivity contribution in [3.05, 3.63) is 10.4 Å². The summed E-state index contributed by atoms with van der Waals surface area (Å²) >= 11 is 0. The number of aromatic amines is 1. The molecular weight excluding hydrogens is 380 g/mol. The summed E-state index contributed by atoms with van der Waals surface area (Å²) in [5, 5.41) is 15.1. The lowest BCUT2D eigenvalue weighted by Gasteiger charge is -2.41. The summed E-state index contributed by atoms with van der Waals surface area (Å²) in [6, 6.07) is -0.548. The van der Waals surface area contributed by atoms with E-state index in [9.17, 15) is 14.4 Å². The number of H-pyrrole nitrogens is 1. The topological polar surface area (TPSA) is 163 Å². The van der Waals surface area contributed by atoms with E-state index in [0.29, 0.717) is 37.4 Å². The van der Waals surface area contributed by atoms with Crippen LogP contribution in [0, 0.1) is 5.92 Å². The van der Waals surface area contributed by atoms with E-state index in [1.807, 2.05) is 4.90 Å². The molecule has 1 saturated carbocycles. The number of carbonyl (C=O) groups excluding carboxylic acids is 1. The number of fused-ring (bicyclic) bond motifs is 1. The Kier molecular flexibility index (Phi) is 5.58. The van der Waals surface area contributed by atoms with Crippen LogP contribution in [0.15, 0.2) is 4.79 Å². The Morgan fingerprint density at radius 1 is 1.38 bits per heavy atom. The molecule has 1 fully saturated rings. The van der Waals surface area contributed by atoms with Gasteiger partial charge >= 0.3 is 12.1 Å². The predicted octanol–water partition coefficient (Wildman–Crippen LogP) is 1.08. The number of aromatic nitrogens is 2. The predicted molar refractivity (Wildman–Crippen MR) is 107 cm³/mol. The minimum absolute atomic E-state index is 0.0127. The fraction of sp³-hybridized carbons (Fsp3) is 0.667. The Labute approximate surface area is 168 Å². The maximum atomic E-state index is 12.4. The molecule has 1 aromatic heterocycles. The molecule has 1 amide bonds. The van der Waals surface area contributed by atoms with Gasteiger partial charge in [-0.2, -0.15) is 4.98 Å². The van der Waals surface area contributed by atoms with Gasteiger partial charge in [0.1, 0.15) is 11.3 Å². The number of nitrogens with zero attached hydrogens (tertiary/aromatic N) is 2. The molecule has 6 N–H and O–H groups in total. The van der Waals surface area contributed by atoms with Crippen LogP contribution in [0.3, 0.4) is 0 Å². The Morgan fingerprint density at radius 2 is 2.10 bits per heavy atom. The second kappa shape index (κ2) is 7.80. The van der Waals surface area contributed by atoms with E-state index in [4.69, 9.17) is 15.6 Å². The molecule has 160 valence electrons. The standard InChI is InChI=1S/C18H28N6O5/c1-18(2,3)29-17(28)21-10-6-9(7-12(25)26)4-5-11(10)24-8-20-13-14(24)22-16(19)23-15(13)27/h9-11,20H,4-8H2,1-3H3,(H,21,28)(H,25,26)(H3,19,22,23,27)/t9-,10-,11-/m1/s1. The first-order valence-corrected chi connectivity index (χ1v) is 9.65. The van der Waals surface area contributed by atoms with Crippen LogP contribution in [0.5, 0.6) is 0 Å². The van der Waals surface area contributed by atoms with Gasteiger partial charge in [-0.1, -0.05) is 0 Å². The maximum absolute atomic E-state index is 12.4. The second-order valence-electron chi connectivity index (χ2n) is 8.55. The average Bonchev–Trinajstić information content (AvgIpc) is 2.96. The van der Waals surface area contributed by atoms with Gasteiger partial charge in [-0.25, -0.2) is 4.79 Å². The molecule has 2 aliphatic rings. The summed E-state index contributed by atoms with van der Waals surface area (Å²) in [5.41, 5.74) is 5.04. The van der Waals surface area contributed by atoms with E-state index in [0.717, 1.165) is 0 Å². The van der Waals surface area contributed by atoms with Gasteiger partial charge in [-0.15, -0.1) is 0 Å². The van der Waals surface area contributed by atoms with Gasteiger partial charge in [0.15, 0.2) is 5.82 Å². The highest BCUT2D eigenvalue weighted by Crippen LogP contribution is 2.36. The van der Waals surface area contributed by atoms with Crippen molar-refractivity contribution in [2.24, 2.45) is 5.92 Å². The fourth-order valence-electron chi connectivity index (χ4n) is 4.02. The quantitative estimate of drug-likeness (QED) is 0.490.